The molecular formula is C15H17NO3S. The predicted octanol–water partition coefficient (Wildman–Crippen LogP) is 4.00. The number of ether oxygens (including phenoxy) is 1. The Kier molecular flexibility index (Phi) is 4.87. The molecule has 1 unspecified atom stereocenters. The molecule has 1 N–H and O–H groups in total. The van der Waals surface area contributed by atoms with Crippen LogP contribution in [0.25, 0.3) is 11.3 Å². The summed E-state index contributed by atoms with van der Waals surface area (Å²) in [5.41, 5.74) is 2.06. The van der Waals surface area contributed by atoms with Crippen LogP contribution in [0, 0.1) is 0 Å². The lowest BCUT2D eigenvalue weighted by molar-refractivity contribution is 0.0697. The van der Waals surface area contributed by atoms with E-state index in [1.807, 2.05) is 5.38 Å². The first kappa shape index (κ1) is 14.7. The molecule has 1 heterocycles. The van der Waals surface area contributed by atoms with Crippen molar-refractivity contribution in [2.24, 2.45) is 0 Å². The average Bonchev–Trinajstić information content (AvgIpc) is 2.94. The van der Waals surface area contributed by atoms with E-state index < -0.39 is 5.97 Å². The first-order valence-corrected chi connectivity index (χ1v) is 7.35. The molecule has 0 saturated carbocycles. The maximum atomic E-state index is 10.8. The van der Waals surface area contributed by atoms with E-state index in [9.17, 15) is 4.79 Å². The van der Waals surface area contributed by atoms with Gasteiger partial charge >= 0.3 is 5.97 Å². The maximum Gasteiger partial charge on any atom is 0.335 e. The van der Waals surface area contributed by atoms with Crippen molar-refractivity contribution in [2.75, 3.05) is 7.11 Å². The van der Waals surface area contributed by atoms with Crippen molar-refractivity contribution in [2.45, 2.75) is 25.9 Å². The topological polar surface area (TPSA) is 59.4 Å². The van der Waals surface area contributed by atoms with Gasteiger partial charge in [0.1, 0.15) is 11.1 Å². The zero-order valence-electron chi connectivity index (χ0n) is 11.5. The van der Waals surface area contributed by atoms with Crippen LogP contribution in [0.4, 0.5) is 0 Å². The first-order chi connectivity index (χ1) is 9.65. The highest BCUT2D eigenvalue weighted by Gasteiger charge is 2.14. The maximum absolute atomic E-state index is 10.8. The van der Waals surface area contributed by atoms with Gasteiger partial charge in [0, 0.05) is 18.1 Å². The largest absolute Gasteiger partial charge is 0.478 e. The number of hydrogen-bond donors (Lipinski definition) is 1. The van der Waals surface area contributed by atoms with Gasteiger partial charge in [0.2, 0.25) is 0 Å². The predicted molar refractivity (Wildman–Crippen MR) is 79.2 cm³/mol. The van der Waals surface area contributed by atoms with Crippen molar-refractivity contribution in [3.8, 4) is 11.3 Å². The first-order valence-electron chi connectivity index (χ1n) is 6.47. The highest BCUT2D eigenvalue weighted by Crippen LogP contribution is 2.29. The third-order valence-electron chi connectivity index (χ3n) is 3.06. The molecule has 4 nitrogen and oxygen atoms in total. The minimum atomic E-state index is -0.919. The molecule has 20 heavy (non-hydrogen) atoms. The van der Waals surface area contributed by atoms with Gasteiger partial charge in [-0.15, -0.1) is 11.3 Å². The summed E-state index contributed by atoms with van der Waals surface area (Å²) >= 11 is 1.58. The Labute approximate surface area is 122 Å². The number of aromatic carboxylic acids is 1. The van der Waals surface area contributed by atoms with Gasteiger partial charge in [-0.3, -0.25) is 0 Å². The molecule has 1 aromatic carbocycles. The molecule has 1 aromatic heterocycles. The SMILES string of the molecule is CCCC(OC)c1nc(-c2ccc(C(=O)O)cc2)cs1. The van der Waals surface area contributed by atoms with Crippen molar-refractivity contribution in [3.05, 3.63) is 40.2 Å². The highest BCUT2D eigenvalue weighted by molar-refractivity contribution is 7.10. The van der Waals surface area contributed by atoms with Crippen LogP contribution >= 0.6 is 11.3 Å². The molecule has 0 amide bonds. The molecule has 0 aliphatic carbocycles. The van der Waals surface area contributed by atoms with Crippen LogP contribution in [-0.4, -0.2) is 23.2 Å². The Morgan fingerprint density at radius 3 is 2.65 bits per heavy atom. The van der Waals surface area contributed by atoms with Crippen LogP contribution in [0.2, 0.25) is 0 Å². The van der Waals surface area contributed by atoms with E-state index in [-0.39, 0.29) is 11.7 Å². The van der Waals surface area contributed by atoms with Crippen molar-refractivity contribution < 1.29 is 14.6 Å². The Morgan fingerprint density at radius 2 is 2.10 bits per heavy atom. The van der Waals surface area contributed by atoms with Gasteiger partial charge < -0.3 is 9.84 Å². The molecule has 2 rings (SSSR count). The van der Waals surface area contributed by atoms with Gasteiger partial charge in [0.25, 0.3) is 0 Å². The van der Waals surface area contributed by atoms with Gasteiger partial charge in [0.05, 0.1) is 11.3 Å². The number of benzene rings is 1. The second kappa shape index (κ2) is 6.63. The number of carboxylic acids is 1. The summed E-state index contributed by atoms with van der Waals surface area (Å²) in [6.45, 7) is 2.12. The van der Waals surface area contributed by atoms with Gasteiger partial charge in [0.15, 0.2) is 0 Å². The van der Waals surface area contributed by atoms with E-state index >= 15 is 0 Å². The monoisotopic (exact) mass is 291 g/mol. The second-order valence-corrected chi connectivity index (χ2v) is 5.36. The average molecular weight is 291 g/mol. The number of methoxy groups -OCH3 is 1. The Balaban J connectivity index is 2.21. The molecule has 2 aromatic rings. The summed E-state index contributed by atoms with van der Waals surface area (Å²) in [4.78, 5) is 15.4. The molecular weight excluding hydrogens is 274 g/mol. The fourth-order valence-corrected chi connectivity index (χ4v) is 2.89. The molecule has 0 fully saturated rings. The lowest BCUT2D eigenvalue weighted by Crippen LogP contribution is -2.00. The highest BCUT2D eigenvalue weighted by atomic mass is 32.1. The van der Waals surface area contributed by atoms with Crippen LogP contribution in [-0.2, 0) is 4.74 Å². The summed E-state index contributed by atoms with van der Waals surface area (Å²) in [6.07, 6.45) is 2.03. The van der Waals surface area contributed by atoms with Crippen LogP contribution in [0.5, 0.6) is 0 Å². The minimum Gasteiger partial charge on any atom is -0.478 e. The van der Waals surface area contributed by atoms with E-state index in [0.29, 0.717) is 0 Å². The quantitative estimate of drug-likeness (QED) is 0.874. The number of thiazole rings is 1. The standard InChI is InChI=1S/C15H17NO3S/c1-3-4-13(19-2)14-16-12(9-20-14)10-5-7-11(8-6-10)15(17)18/h5-9,13H,3-4H2,1-2H3,(H,17,18). The second-order valence-electron chi connectivity index (χ2n) is 4.47. The van der Waals surface area contributed by atoms with Gasteiger partial charge in [-0.05, 0) is 18.6 Å². The van der Waals surface area contributed by atoms with Crippen molar-refractivity contribution >= 4 is 17.3 Å². The molecule has 0 spiro atoms. The third kappa shape index (κ3) is 3.23. The number of carbonyl (C=O) groups is 1. The number of carboxylic acid groups (broad SMARTS) is 1. The third-order valence-corrected chi connectivity index (χ3v) is 4.00. The molecule has 1 atom stereocenters. The Morgan fingerprint density at radius 1 is 1.40 bits per heavy atom. The smallest absolute Gasteiger partial charge is 0.335 e. The molecule has 5 heteroatoms. The molecule has 0 aliphatic heterocycles. The van der Waals surface area contributed by atoms with Gasteiger partial charge in [-0.1, -0.05) is 25.5 Å². The van der Waals surface area contributed by atoms with E-state index in [1.165, 1.54) is 0 Å². The number of rotatable bonds is 6. The normalized spacial score (nSPS) is 12.3. The van der Waals surface area contributed by atoms with Crippen molar-refractivity contribution in [1.29, 1.82) is 0 Å². The van der Waals surface area contributed by atoms with Crippen molar-refractivity contribution in [3.63, 3.8) is 0 Å². The van der Waals surface area contributed by atoms with Crippen LogP contribution in [0.15, 0.2) is 29.6 Å². The number of hydrogen-bond acceptors (Lipinski definition) is 4. The summed E-state index contributed by atoms with van der Waals surface area (Å²) in [5.74, 6) is -0.919. The molecule has 0 radical (unpaired) electrons. The zero-order valence-corrected chi connectivity index (χ0v) is 12.3. The Bertz CT molecular complexity index is 577. The number of aromatic nitrogens is 1. The molecule has 0 bridgehead atoms. The molecule has 106 valence electrons. The van der Waals surface area contributed by atoms with Gasteiger partial charge in [-0.25, -0.2) is 9.78 Å². The van der Waals surface area contributed by atoms with E-state index in [0.717, 1.165) is 29.1 Å². The van der Waals surface area contributed by atoms with Crippen molar-refractivity contribution in [1.82, 2.24) is 4.98 Å². The molecule has 0 saturated heterocycles. The van der Waals surface area contributed by atoms with Crippen LogP contribution < -0.4 is 0 Å². The summed E-state index contributed by atoms with van der Waals surface area (Å²) in [6, 6.07) is 6.75. The van der Waals surface area contributed by atoms with E-state index in [1.54, 1.807) is 42.7 Å². The summed E-state index contributed by atoms with van der Waals surface area (Å²) < 4.78 is 5.45. The van der Waals surface area contributed by atoms with E-state index in [4.69, 9.17) is 9.84 Å². The lowest BCUT2D eigenvalue weighted by Gasteiger charge is -2.10. The minimum absolute atomic E-state index is 0.0389. The molecule has 0 aliphatic rings. The summed E-state index contributed by atoms with van der Waals surface area (Å²) in [7, 11) is 1.70. The van der Waals surface area contributed by atoms with E-state index in [2.05, 4.69) is 11.9 Å². The Hall–Kier alpha value is -1.72. The van der Waals surface area contributed by atoms with Gasteiger partial charge in [-0.2, -0.15) is 0 Å². The summed E-state index contributed by atoms with van der Waals surface area (Å²) in [5, 5.41) is 11.8. The number of nitrogens with zero attached hydrogens (tertiary/aromatic N) is 1. The fraction of sp³-hybridized carbons (Fsp3) is 0.333. The fourth-order valence-electron chi connectivity index (χ4n) is 1.96. The zero-order chi connectivity index (χ0) is 14.5. The van der Waals surface area contributed by atoms with Crippen LogP contribution in [0.1, 0.15) is 41.2 Å². The lowest BCUT2D eigenvalue weighted by atomic mass is 10.1. The van der Waals surface area contributed by atoms with Crippen LogP contribution in [0.3, 0.4) is 0 Å².